The number of hydrogen-bond donors (Lipinski definition) is 2. The first-order valence-electron chi connectivity index (χ1n) is 7.17. The summed E-state index contributed by atoms with van der Waals surface area (Å²) < 4.78 is 0. The van der Waals surface area contributed by atoms with Crippen LogP contribution in [-0.2, 0) is 9.59 Å². The monoisotopic (exact) mass is 325 g/mol. The Hall–Kier alpha value is -1.59. The molecule has 5 nitrogen and oxygen atoms in total. The molecule has 0 aliphatic heterocycles. The van der Waals surface area contributed by atoms with E-state index in [9.17, 15) is 9.59 Å². The highest BCUT2D eigenvalue weighted by Crippen LogP contribution is 2.20. The number of amides is 2. The van der Waals surface area contributed by atoms with E-state index in [1.807, 2.05) is 20.8 Å². The van der Waals surface area contributed by atoms with Crippen LogP contribution < -0.4 is 10.6 Å². The lowest BCUT2D eigenvalue weighted by molar-refractivity contribution is -0.127. The lowest BCUT2D eigenvalue weighted by atomic mass is 10.1. The van der Waals surface area contributed by atoms with Gasteiger partial charge in [-0.3, -0.25) is 14.5 Å². The maximum atomic E-state index is 12.1. The van der Waals surface area contributed by atoms with E-state index in [1.165, 1.54) is 0 Å². The zero-order chi connectivity index (χ0) is 16.9. The highest BCUT2D eigenvalue weighted by atomic mass is 35.5. The number of para-hydroxylation sites is 1. The van der Waals surface area contributed by atoms with Crippen LogP contribution in [0.25, 0.3) is 0 Å². The van der Waals surface area contributed by atoms with Crippen LogP contribution in [0.3, 0.4) is 0 Å². The normalized spacial score (nSPS) is 12.9. The lowest BCUT2D eigenvalue weighted by Gasteiger charge is -2.28. The molecule has 0 radical (unpaired) electrons. The smallest absolute Gasteiger partial charge is 0.238 e. The fraction of sp³-hybridized carbons (Fsp3) is 0.500. The van der Waals surface area contributed by atoms with Gasteiger partial charge >= 0.3 is 0 Å². The van der Waals surface area contributed by atoms with Crippen molar-refractivity contribution in [3.05, 3.63) is 29.3 Å². The third-order valence-electron chi connectivity index (χ3n) is 3.08. The number of carbonyl (C=O) groups is 2. The number of nitrogens with zero attached hydrogens (tertiary/aromatic N) is 1. The predicted octanol–water partition coefficient (Wildman–Crippen LogP) is 2.51. The zero-order valence-corrected chi connectivity index (χ0v) is 14.5. The Labute approximate surface area is 137 Å². The van der Waals surface area contributed by atoms with Gasteiger partial charge in [-0.1, -0.05) is 23.7 Å². The molecule has 0 aliphatic carbocycles. The van der Waals surface area contributed by atoms with Crippen molar-refractivity contribution in [2.45, 2.75) is 39.3 Å². The van der Waals surface area contributed by atoms with Crippen LogP contribution in [0.2, 0.25) is 5.02 Å². The van der Waals surface area contributed by atoms with Gasteiger partial charge in [-0.05, 0) is 46.9 Å². The number of nitrogens with one attached hydrogen (secondary N) is 2. The molecule has 0 saturated heterocycles. The van der Waals surface area contributed by atoms with E-state index < -0.39 is 6.04 Å². The summed E-state index contributed by atoms with van der Waals surface area (Å²) in [7, 11) is 1.74. The van der Waals surface area contributed by atoms with Crippen LogP contribution in [0.1, 0.15) is 27.7 Å². The maximum absolute atomic E-state index is 12.1. The molecule has 1 unspecified atom stereocenters. The minimum Gasteiger partial charge on any atom is -0.350 e. The van der Waals surface area contributed by atoms with Gasteiger partial charge in [0.1, 0.15) is 0 Å². The van der Waals surface area contributed by atoms with Crippen molar-refractivity contribution < 1.29 is 9.59 Å². The standard InChI is InChI=1S/C16H24ClN3O2/c1-11(15(22)19-16(2,3)4)20(5)10-14(21)18-13-9-7-6-8-12(13)17/h6-9,11H,10H2,1-5H3,(H,18,21)(H,19,22). The van der Waals surface area contributed by atoms with Gasteiger partial charge in [0.2, 0.25) is 11.8 Å². The maximum Gasteiger partial charge on any atom is 0.238 e. The van der Waals surface area contributed by atoms with Gasteiger partial charge in [-0.15, -0.1) is 0 Å². The molecule has 0 bridgehead atoms. The molecule has 1 atom stereocenters. The summed E-state index contributed by atoms with van der Waals surface area (Å²) in [5, 5.41) is 6.12. The molecule has 1 rings (SSSR count). The van der Waals surface area contributed by atoms with Crippen molar-refractivity contribution in [3.8, 4) is 0 Å². The second kappa shape index (κ2) is 7.61. The Balaban J connectivity index is 2.57. The number of likely N-dealkylation sites (N-methyl/N-ethyl adjacent to an activating group) is 1. The molecule has 0 spiro atoms. The quantitative estimate of drug-likeness (QED) is 0.874. The molecule has 0 fully saturated rings. The first kappa shape index (κ1) is 18.5. The molecular weight excluding hydrogens is 302 g/mol. The zero-order valence-electron chi connectivity index (χ0n) is 13.7. The Morgan fingerprint density at radius 1 is 1.27 bits per heavy atom. The van der Waals surface area contributed by atoms with Crippen LogP contribution in [-0.4, -0.2) is 41.9 Å². The lowest BCUT2D eigenvalue weighted by Crippen LogP contribution is -2.51. The van der Waals surface area contributed by atoms with Crippen LogP contribution in [0, 0.1) is 0 Å². The van der Waals surface area contributed by atoms with Crippen molar-refractivity contribution >= 4 is 29.1 Å². The summed E-state index contributed by atoms with van der Waals surface area (Å²) in [4.78, 5) is 25.8. The molecule has 1 aromatic carbocycles. The summed E-state index contributed by atoms with van der Waals surface area (Å²) in [6.07, 6.45) is 0. The number of anilines is 1. The predicted molar refractivity (Wildman–Crippen MR) is 90.1 cm³/mol. The van der Waals surface area contributed by atoms with Gasteiger partial charge in [0.25, 0.3) is 0 Å². The van der Waals surface area contributed by atoms with Crippen LogP contribution >= 0.6 is 11.6 Å². The molecular formula is C16H24ClN3O2. The number of benzene rings is 1. The first-order valence-corrected chi connectivity index (χ1v) is 7.54. The minimum atomic E-state index is -0.406. The van der Waals surface area contributed by atoms with E-state index in [1.54, 1.807) is 43.1 Å². The van der Waals surface area contributed by atoms with E-state index in [2.05, 4.69) is 10.6 Å². The van der Waals surface area contributed by atoms with E-state index in [-0.39, 0.29) is 23.9 Å². The van der Waals surface area contributed by atoms with Crippen LogP contribution in [0.15, 0.2) is 24.3 Å². The van der Waals surface area contributed by atoms with E-state index in [0.29, 0.717) is 10.7 Å². The Bertz CT molecular complexity index is 540. The van der Waals surface area contributed by atoms with Gasteiger partial charge in [-0.2, -0.15) is 0 Å². The Kier molecular flexibility index (Phi) is 6.38. The molecule has 122 valence electrons. The molecule has 22 heavy (non-hydrogen) atoms. The topological polar surface area (TPSA) is 61.4 Å². The summed E-state index contributed by atoms with van der Waals surface area (Å²) in [6, 6.07) is 6.63. The highest BCUT2D eigenvalue weighted by Gasteiger charge is 2.23. The van der Waals surface area contributed by atoms with Gasteiger partial charge in [0, 0.05) is 5.54 Å². The number of carbonyl (C=O) groups excluding carboxylic acids is 2. The van der Waals surface area contributed by atoms with E-state index in [4.69, 9.17) is 11.6 Å². The number of rotatable bonds is 5. The van der Waals surface area contributed by atoms with Gasteiger partial charge in [0.05, 0.1) is 23.3 Å². The van der Waals surface area contributed by atoms with Gasteiger partial charge < -0.3 is 10.6 Å². The van der Waals surface area contributed by atoms with Gasteiger partial charge in [0.15, 0.2) is 0 Å². The van der Waals surface area contributed by atoms with Crippen molar-refractivity contribution in [2.75, 3.05) is 18.9 Å². The summed E-state index contributed by atoms with van der Waals surface area (Å²) in [5.74, 6) is -0.327. The second-order valence-corrected chi connectivity index (χ2v) is 6.77. The second-order valence-electron chi connectivity index (χ2n) is 6.36. The fourth-order valence-electron chi connectivity index (χ4n) is 1.79. The van der Waals surface area contributed by atoms with Crippen molar-refractivity contribution in [1.82, 2.24) is 10.2 Å². The fourth-order valence-corrected chi connectivity index (χ4v) is 1.97. The van der Waals surface area contributed by atoms with Gasteiger partial charge in [-0.25, -0.2) is 0 Å². The van der Waals surface area contributed by atoms with E-state index >= 15 is 0 Å². The Morgan fingerprint density at radius 2 is 1.86 bits per heavy atom. The average Bonchev–Trinajstić information content (AvgIpc) is 2.38. The molecule has 2 N–H and O–H groups in total. The minimum absolute atomic E-state index is 0.101. The molecule has 0 aliphatic rings. The molecule has 0 aromatic heterocycles. The largest absolute Gasteiger partial charge is 0.350 e. The van der Waals surface area contributed by atoms with Crippen LogP contribution in [0.5, 0.6) is 0 Å². The number of hydrogen-bond acceptors (Lipinski definition) is 3. The van der Waals surface area contributed by atoms with Crippen molar-refractivity contribution in [1.29, 1.82) is 0 Å². The van der Waals surface area contributed by atoms with Crippen LogP contribution in [0.4, 0.5) is 5.69 Å². The number of halogens is 1. The van der Waals surface area contributed by atoms with Crippen molar-refractivity contribution in [2.24, 2.45) is 0 Å². The molecule has 0 heterocycles. The van der Waals surface area contributed by atoms with Crippen molar-refractivity contribution in [3.63, 3.8) is 0 Å². The SMILES string of the molecule is CC(C(=O)NC(C)(C)C)N(C)CC(=O)Nc1ccccc1Cl. The first-order chi connectivity index (χ1) is 10.1. The Morgan fingerprint density at radius 3 is 2.41 bits per heavy atom. The molecule has 0 saturated carbocycles. The molecule has 1 aromatic rings. The van der Waals surface area contributed by atoms with E-state index in [0.717, 1.165) is 0 Å². The highest BCUT2D eigenvalue weighted by molar-refractivity contribution is 6.33. The molecule has 2 amide bonds. The summed E-state index contributed by atoms with van der Waals surface area (Å²) >= 11 is 6.00. The summed E-state index contributed by atoms with van der Waals surface area (Å²) in [5.41, 5.74) is 0.265. The summed E-state index contributed by atoms with van der Waals surface area (Å²) in [6.45, 7) is 7.62. The molecule has 6 heteroatoms. The third kappa shape index (κ3) is 6.03. The average molecular weight is 326 g/mol. The third-order valence-corrected chi connectivity index (χ3v) is 3.41.